The molecule has 0 bridgehead atoms. The van der Waals surface area contributed by atoms with Crippen LogP contribution in [0.3, 0.4) is 0 Å². The minimum atomic E-state index is -4.94. The number of halogens is 8. The van der Waals surface area contributed by atoms with Gasteiger partial charge < -0.3 is 0 Å². The Hall–Kier alpha value is -1.77. The molecule has 148 valence electrons. The average Bonchev–Trinajstić information content (AvgIpc) is 2.54. The Bertz CT molecular complexity index is 767. The summed E-state index contributed by atoms with van der Waals surface area (Å²) in [7, 11) is 0. The Morgan fingerprint density at radius 2 is 1.00 bits per heavy atom. The fourth-order valence-electron chi connectivity index (χ4n) is 2.82. The van der Waals surface area contributed by atoms with E-state index in [0.717, 1.165) is 12.1 Å². The maximum Gasteiger partial charge on any atom is 0.419 e. The van der Waals surface area contributed by atoms with Crippen LogP contribution in [0.2, 0.25) is 0 Å². The van der Waals surface area contributed by atoms with Crippen molar-refractivity contribution < 1.29 is 35.1 Å². The molecule has 0 heterocycles. The van der Waals surface area contributed by atoms with Crippen molar-refractivity contribution in [1.82, 2.24) is 0 Å². The number of benzene rings is 2. The molecule has 2 aromatic rings. The van der Waals surface area contributed by atoms with Gasteiger partial charge in [0.1, 0.15) is 11.6 Å². The molecular formula is C18H14F8S. The highest BCUT2D eigenvalue weighted by atomic mass is 32.2. The molecule has 0 aliphatic heterocycles. The molecule has 0 atom stereocenters. The van der Waals surface area contributed by atoms with E-state index in [9.17, 15) is 35.1 Å². The zero-order valence-electron chi connectivity index (χ0n) is 14.2. The summed E-state index contributed by atoms with van der Waals surface area (Å²) in [4.78, 5) is -0.0543. The molecule has 0 fully saturated rings. The van der Waals surface area contributed by atoms with Crippen LogP contribution in [0.1, 0.15) is 36.1 Å². The van der Waals surface area contributed by atoms with Crippen LogP contribution in [0, 0.1) is 11.6 Å². The molecule has 2 rings (SSSR count). The van der Waals surface area contributed by atoms with Gasteiger partial charge in [-0.05, 0) is 48.2 Å². The van der Waals surface area contributed by atoms with Gasteiger partial charge in [0.15, 0.2) is 0 Å². The lowest BCUT2D eigenvalue weighted by Crippen LogP contribution is -2.14. The Kier molecular flexibility index (Phi) is 6.13. The highest BCUT2D eigenvalue weighted by molar-refractivity contribution is 7.99. The monoisotopic (exact) mass is 414 g/mol. The SMILES string of the molecule is CCc1c(Sc2ccc(F)c(C(F)(F)F)c2CC)ccc(F)c1C(F)(F)F. The minimum Gasteiger partial charge on any atom is -0.206 e. The largest absolute Gasteiger partial charge is 0.419 e. The lowest BCUT2D eigenvalue weighted by atomic mass is 10.0. The molecule has 0 aliphatic carbocycles. The van der Waals surface area contributed by atoms with Crippen molar-refractivity contribution >= 4 is 11.8 Å². The number of rotatable bonds is 4. The third-order valence-electron chi connectivity index (χ3n) is 3.93. The molecular weight excluding hydrogens is 400 g/mol. The van der Waals surface area contributed by atoms with Gasteiger partial charge in [-0.15, -0.1) is 0 Å². The summed E-state index contributed by atoms with van der Waals surface area (Å²) in [6.45, 7) is 2.78. The number of hydrogen-bond acceptors (Lipinski definition) is 1. The minimum absolute atomic E-state index is 0.0272. The lowest BCUT2D eigenvalue weighted by Gasteiger charge is -2.19. The van der Waals surface area contributed by atoms with Gasteiger partial charge in [0.25, 0.3) is 0 Å². The molecule has 27 heavy (non-hydrogen) atoms. The van der Waals surface area contributed by atoms with Crippen molar-refractivity contribution in [3.05, 3.63) is 58.2 Å². The van der Waals surface area contributed by atoms with Crippen LogP contribution in [-0.4, -0.2) is 0 Å². The summed E-state index contributed by atoms with van der Waals surface area (Å²) in [5.41, 5.74) is -3.59. The number of alkyl halides is 6. The van der Waals surface area contributed by atoms with Crippen molar-refractivity contribution in [1.29, 1.82) is 0 Å². The van der Waals surface area contributed by atoms with Gasteiger partial charge in [-0.25, -0.2) is 8.78 Å². The van der Waals surface area contributed by atoms with Crippen LogP contribution >= 0.6 is 11.8 Å². The van der Waals surface area contributed by atoms with Crippen molar-refractivity contribution in [3.63, 3.8) is 0 Å². The topological polar surface area (TPSA) is 0 Å². The zero-order valence-corrected chi connectivity index (χ0v) is 15.0. The fourth-order valence-corrected chi connectivity index (χ4v) is 4.07. The van der Waals surface area contributed by atoms with Crippen LogP contribution in [0.25, 0.3) is 0 Å². The molecule has 0 radical (unpaired) electrons. The Labute approximate surface area is 154 Å². The summed E-state index contributed by atoms with van der Waals surface area (Å²) < 4.78 is 107. The summed E-state index contributed by atoms with van der Waals surface area (Å²) in [6, 6.07) is 3.43. The summed E-state index contributed by atoms with van der Waals surface area (Å²) in [6.07, 6.45) is -10.2. The van der Waals surface area contributed by atoms with E-state index in [1.807, 2.05) is 0 Å². The summed E-state index contributed by atoms with van der Waals surface area (Å²) >= 11 is 0.635. The fraction of sp³-hybridized carbons (Fsp3) is 0.333. The molecule has 0 saturated carbocycles. The summed E-state index contributed by atoms with van der Waals surface area (Å²) in [5.74, 6) is -2.90. The second-order valence-corrected chi connectivity index (χ2v) is 6.69. The molecule has 0 aromatic heterocycles. The maximum atomic E-state index is 13.7. The van der Waals surface area contributed by atoms with Gasteiger partial charge in [0.2, 0.25) is 0 Å². The second-order valence-electron chi connectivity index (χ2n) is 5.60. The molecule has 0 spiro atoms. The van der Waals surface area contributed by atoms with Crippen LogP contribution in [0.15, 0.2) is 34.1 Å². The molecule has 0 unspecified atom stereocenters. The van der Waals surface area contributed by atoms with Gasteiger partial charge in [-0.1, -0.05) is 25.6 Å². The Balaban J connectivity index is 2.65. The lowest BCUT2D eigenvalue weighted by molar-refractivity contribution is -0.141. The van der Waals surface area contributed by atoms with Crippen molar-refractivity contribution in [2.24, 2.45) is 0 Å². The van der Waals surface area contributed by atoms with Crippen molar-refractivity contribution in [2.45, 2.75) is 48.8 Å². The van der Waals surface area contributed by atoms with E-state index in [-0.39, 0.29) is 33.8 Å². The predicted molar refractivity (Wildman–Crippen MR) is 85.7 cm³/mol. The third-order valence-corrected chi connectivity index (χ3v) is 5.14. The first kappa shape index (κ1) is 21.5. The molecule has 2 aromatic carbocycles. The summed E-state index contributed by atoms with van der Waals surface area (Å²) in [5, 5.41) is 0. The molecule has 0 amide bonds. The highest BCUT2D eigenvalue weighted by Crippen LogP contribution is 2.44. The van der Waals surface area contributed by atoms with Crippen LogP contribution in [0.4, 0.5) is 35.1 Å². The molecule has 9 heteroatoms. The normalized spacial score (nSPS) is 12.5. The van der Waals surface area contributed by atoms with E-state index in [0.29, 0.717) is 23.9 Å². The zero-order chi connectivity index (χ0) is 20.6. The number of hydrogen-bond donors (Lipinski definition) is 0. The smallest absolute Gasteiger partial charge is 0.206 e. The Morgan fingerprint density at radius 3 is 1.26 bits per heavy atom. The van der Waals surface area contributed by atoms with E-state index < -0.39 is 35.1 Å². The first-order valence-corrected chi connectivity index (χ1v) is 8.68. The van der Waals surface area contributed by atoms with Crippen molar-refractivity contribution in [3.8, 4) is 0 Å². The highest BCUT2D eigenvalue weighted by Gasteiger charge is 2.39. The predicted octanol–water partition coefficient (Wildman–Crippen LogP) is 7.28. The maximum absolute atomic E-state index is 13.7. The van der Waals surface area contributed by atoms with E-state index in [1.165, 1.54) is 13.8 Å². The quantitative estimate of drug-likeness (QED) is 0.474. The van der Waals surface area contributed by atoms with E-state index >= 15 is 0 Å². The molecule has 0 aliphatic rings. The van der Waals surface area contributed by atoms with E-state index in [1.54, 1.807) is 0 Å². The van der Waals surface area contributed by atoms with Gasteiger partial charge in [-0.3, -0.25) is 0 Å². The van der Waals surface area contributed by atoms with Crippen LogP contribution in [0.5, 0.6) is 0 Å². The van der Waals surface area contributed by atoms with Gasteiger partial charge in [-0.2, -0.15) is 26.3 Å². The van der Waals surface area contributed by atoms with Gasteiger partial charge in [0, 0.05) is 9.79 Å². The Morgan fingerprint density at radius 1 is 0.667 bits per heavy atom. The third kappa shape index (κ3) is 4.39. The van der Waals surface area contributed by atoms with E-state index in [2.05, 4.69) is 0 Å². The van der Waals surface area contributed by atoms with E-state index in [4.69, 9.17) is 0 Å². The standard InChI is InChI=1S/C18H14F8S/c1-3-9-13(7-5-11(19)15(9)17(21,22)23)27-14-8-6-12(20)16(10(14)4-2)18(24,25)26/h5-8H,3-4H2,1-2H3. The molecule has 0 N–H and O–H groups in total. The van der Waals surface area contributed by atoms with Crippen molar-refractivity contribution in [2.75, 3.05) is 0 Å². The van der Waals surface area contributed by atoms with Crippen LogP contribution in [-0.2, 0) is 25.2 Å². The second kappa shape index (κ2) is 7.69. The first-order valence-electron chi connectivity index (χ1n) is 7.86. The molecule has 0 nitrogen and oxygen atoms in total. The van der Waals surface area contributed by atoms with Gasteiger partial charge >= 0.3 is 12.4 Å². The average molecular weight is 414 g/mol. The first-order chi connectivity index (χ1) is 12.4. The van der Waals surface area contributed by atoms with Crippen LogP contribution < -0.4 is 0 Å². The van der Waals surface area contributed by atoms with Gasteiger partial charge in [0.05, 0.1) is 11.1 Å². The molecule has 0 saturated heterocycles.